The predicted octanol–water partition coefficient (Wildman–Crippen LogP) is -0.0299. The molecule has 1 amide bonds. The van der Waals surface area contributed by atoms with Gasteiger partial charge in [0.15, 0.2) is 0 Å². The molecule has 0 unspecified atom stereocenters. The third-order valence-corrected chi connectivity index (χ3v) is 2.91. The van der Waals surface area contributed by atoms with E-state index >= 15 is 0 Å². The molecule has 0 saturated carbocycles. The number of primary amides is 1. The van der Waals surface area contributed by atoms with Gasteiger partial charge in [-0.15, -0.1) is 11.3 Å². The van der Waals surface area contributed by atoms with E-state index in [2.05, 4.69) is 10.2 Å². The van der Waals surface area contributed by atoms with Crippen LogP contribution in [0, 0.1) is 0 Å². The first-order chi connectivity index (χ1) is 8.11. The lowest BCUT2D eigenvalue weighted by Crippen LogP contribution is -2.24. The van der Waals surface area contributed by atoms with Gasteiger partial charge >= 0.3 is 5.97 Å². The Morgan fingerprint density at radius 3 is 2.76 bits per heavy atom. The van der Waals surface area contributed by atoms with Gasteiger partial charge in [-0.3, -0.25) is 14.4 Å². The highest BCUT2D eigenvalue weighted by Crippen LogP contribution is 2.17. The summed E-state index contributed by atoms with van der Waals surface area (Å²) in [7, 11) is 1.36. The van der Waals surface area contributed by atoms with Crippen molar-refractivity contribution in [1.82, 2.24) is 5.48 Å². The van der Waals surface area contributed by atoms with Crippen molar-refractivity contribution in [3.8, 4) is 0 Å². The number of rotatable bonds is 7. The molecule has 0 saturated heterocycles. The second-order valence-electron chi connectivity index (χ2n) is 3.20. The number of methoxy groups -OCH3 is 1. The van der Waals surface area contributed by atoms with E-state index in [1.165, 1.54) is 18.4 Å². The van der Waals surface area contributed by atoms with Crippen LogP contribution in [0.3, 0.4) is 0 Å². The zero-order valence-corrected chi connectivity index (χ0v) is 10.2. The molecule has 0 aliphatic heterocycles. The van der Waals surface area contributed by atoms with E-state index in [9.17, 15) is 9.59 Å². The van der Waals surface area contributed by atoms with Crippen LogP contribution in [0.1, 0.15) is 9.75 Å². The summed E-state index contributed by atoms with van der Waals surface area (Å²) < 4.78 is 4.56. The zero-order chi connectivity index (χ0) is 12.7. The minimum atomic E-state index is -0.532. The van der Waals surface area contributed by atoms with Crippen LogP contribution in [0.4, 0.5) is 0 Å². The number of esters is 1. The number of thiophene rings is 1. The highest BCUT2D eigenvalue weighted by atomic mass is 32.1. The molecule has 17 heavy (non-hydrogen) atoms. The third kappa shape index (κ3) is 5.43. The smallest absolute Gasteiger partial charge is 0.310 e. The van der Waals surface area contributed by atoms with Crippen LogP contribution >= 0.6 is 11.3 Å². The number of carbonyl (C=O) groups excluding carboxylic acids is 2. The van der Waals surface area contributed by atoms with Gasteiger partial charge in [0.05, 0.1) is 20.1 Å². The molecule has 0 aliphatic carbocycles. The molecule has 94 valence electrons. The van der Waals surface area contributed by atoms with E-state index < -0.39 is 5.91 Å². The molecule has 1 aromatic heterocycles. The fourth-order valence-corrected chi connectivity index (χ4v) is 2.00. The van der Waals surface area contributed by atoms with Crippen molar-refractivity contribution >= 4 is 23.2 Å². The fraction of sp³-hybridized carbons (Fsp3) is 0.400. The van der Waals surface area contributed by atoms with Gasteiger partial charge in [-0.05, 0) is 12.1 Å². The molecule has 0 bridgehead atoms. The number of amides is 1. The van der Waals surface area contributed by atoms with Crippen molar-refractivity contribution in [3.05, 3.63) is 21.9 Å². The number of hydrogen-bond donors (Lipinski definition) is 2. The van der Waals surface area contributed by atoms with Crippen LogP contribution < -0.4 is 11.2 Å². The molecule has 1 heterocycles. The zero-order valence-electron chi connectivity index (χ0n) is 9.39. The average molecular weight is 258 g/mol. The molecule has 0 atom stereocenters. The summed E-state index contributed by atoms with van der Waals surface area (Å²) in [5.41, 5.74) is 7.50. The molecule has 0 spiro atoms. The quantitative estimate of drug-likeness (QED) is 0.407. The number of nitrogens with one attached hydrogen (secondary N) is 1. The lowest BCUT2D eigenvalue weighted by Gasteiger charge is -2.01. The van der Waals surface area contributed by atoms with Crippen molar-refractivity contribution in [1.29, 1.82) is 0 Å². The number of nitrogens with two attached hydrogens (primary N) is 1. The van der Waals surface area contributed by atoms with E-state index in [1.54, 1.807) is 0 Å². The first-order valence-corrected chi connectivity index (χ1v) is 5.71. The van der Waals surface area contributed by atoms with E-state index in [0.29, 0.717) is 6.54 Å². The molecular weight excluding hydrogens is 244 g/mol. The molecule has 6 nitrogen and oxygen atoms in total. The average Bonchev–Trinajstić information content (AvgIpc) is 2.72. The predicted molar refractivity (Wildman–Crippen MR) is 62.0 cm³/mol. The van der Waals surface area contributed by atoms with Crippen molar-refractivity contribution in [2.45, 2.75) is 13.0 Å². The monoisotopic (exact) mass is 258 g/mol. The highest BCUT2D eigenvalue weighted by molar-refractivity contribution is 7.12. The maximum Gasteiger partial charge on any atom is 0.310 e. The van der Waals surface area contributed by atoms with E-state index in [0.717, 1.165) is 9.75 Å². The summed E-state index contributed by atoms with van der Waals surface area (Å²) in [5.74, 6) is -0.800. The molecule has 1 aromatic rings. The van der Waals surface area contributed by atoms with Gasteiger partial charge in [0.1, 0.15) is 6.61 Å². The van der Waals surface area contributed by atoms with Crippen molar-refractivity contribution in [2.24, 2.45) is 5.73 Å². The third-order valence-electron chi connectivity index (χ3n) is 1.83. The first-order valence-electron chi connectivity index (χ1n) is 4.89. The van der Waals surface area contributed by atoms with Gasteiger partial charge in [-0.1, -0.05) is 0 Å². The SMILES string of the molecule is COC(=O)Cc1ccc(CNOCC(N)=O)s1. The topological polar surface area (TPSA) is 90.7 Å². The van der Waals surface area contributed by atoms with Gasteiger partial charge < -0.3 is 10.5 Å². The standard InChI is InChI=1S/C10H14N2O4S/c1-15-10(14)4-7-2-3-8(17-7)5-12-16-6-9(11)13/h2-3,12H,4-6H2,1H3,(H2,11,13). The molecule has 0 fully saturated rings. The maximum atomic E-state index is 11.0. The first kappa shape index (κ1) is 13.6. The summed E-state index contributed by atoms with van der Waals surface area (Å²) in [6, 6.07) is 3.73. The number of carbonyl (C=O) groups is 2. The van der Waals surface area contributed by atoms with E-state index in [4.69, 9.17) is 10.6 Å². The van der Waals surface area contributed by atoms with Crippen molar-refractivity contribution < 1.29 is 19.2 Å². The molecular formula is C10H14N2O4S. The lowest BCUT2D eigenvalue weighted by molar-refractivity contribution is -0.139. The lowest BCUT2D eigenvalue weighted by atomic mass is 10.3. The maximum absolute atomic E-state index is 11.0. The second kappa shape index (κ2) is 7.00. The summed E-state index contributed by atoms with van der Waals surface area (Å²) in [6.07, 6.45) is 0.267. The number of ether oxygens (including phenoxy) is 1. The van der Waals surface area contributed by atoms with Crippen LogP contribution in [0.2, 0.25) is 0 Å². The van der Waals surface area contributed by atoms with Crippen LogP contribution in [0.5, 0.6) is 0 Å². The summed E-state index contributed by atoms with van der Waals surface area (Å²) in [5, 5.41) is 0. The molecule has 3 N–H and O–H groups in total. The Balaban J connectivity index is 2.30. The Hall–Kier alpha value is -1.44. The van der Waals surface area contributed by atoms with Gasteiger partial charge in [-0.2, -0.15) is 5.48 Å². The van der Waals surface area contributed by atoms with Crippen molar-refractivity contribution in [3.63, 3.8) is 0 Å². The molecule has 0 aliphatic rings. The van der Waals surface area contributed by atoms with Gasteiger partial charge in [0.2, 0.25) is 5.91 Å². The summed E-state index contributed by atoms with van der Waals surface area (Å²) in [4.78, 5) is 28.1. The largest absolute Gasteiger partial charge is 0.469 e. The van der Waals surface area contributed by atoms with Crippen molar-refractivity contribution in [2.75, 3.05) is 13.7 Å². The summed E-state index contributed by atoms with van der Waals surface area (Å²) in [6.45, 7) is 0.291. The number of hydrogen-bond acceptors (Lipinski definition) is 6. The summed E-state index contributed by atoms with van der Waals surface area (Å²) >= 11 is 1.48. The van der Waals surface area contributed by atoms with Crippen LogP contribution in [-0.4, -0.2) is 25.6 Å². The highest BCUT2D eigenvalue weighted by Gasteiger charge is 2.06. The van der Waals surface area contributed by atoms with Gasteiger partial charge in [0.25, 0.3) is 0 Å². The Morgan fingerprint density at radius 1 is 1.41 bits per heavy atom. The Bertz CT molecular complexity index is 391. The normalized spacial score (nSPS) is 10.2. The van der Waals surface area contributed by atoms with Crippen LogP contribution in [0.25, 0.3) is 0 Å². The van der Waals surface area contributed by atoms with E-state index in [-0.39, 0.29) is 19.0 Å². The Kier molecular flexibility index (Phi) is 5.61. The number of hydroxylamine groups is 1. The molecule has 7 heteroatoms. The van der Waals surface area contributed by atoms with E-state index in [1.807, 2.05) is 12.1 Å². The Morgan fingerprint density at radius 2 is 2.12 bits per heavy atom. The second-order valence-corrected chi connectivity index (χ2v) is 4.45. The minimum absolute atomic E-state index is 0.166. The Labute approximate surface area is 103 Å². The molecule has 0 radical (unpaired) electrons. The van der Waals surface area contributed by atoms with Crippen LogP contribution in [0.15, 0.2) is 12.1 Å². The fourth-order valence-electron chi connectivity index (χ4n) is 1.07. The van der Waals surface area contributed by atoms with Gasteiger partial charge in [-0.25, -0.2) is 0 Å². The van der Waals surface area contributed by atoms with Crippen LogP contribution in [-0.2, 0) is 32.1 Å². The molecule has 0 aromatic carbocycles. The molecule has 1 rings (SSSR count). The minimum Gasteiger partial charge on any atom is -0.469 e. The van der Waals surface area contributed by atoms with Gasteiger partial charge in [0, 0.05) is 9.75 Å².